The molecule has 0 heterocycles. The maximum absolute atomic E-state index is 11.9. The second-order valence-corrected chi connectivity index (χ2v) is 4.65. The monoisotopic (exact) mass is 252 g/mol. The van der Waals surface area contributed by atoms with Gasteiger partial charge in [-0.1, -0.05) is 32.0 Å². The van der Waals surface area contributed by atoms with Crippen molar-refractivity contribution in [3.05, 3.63) is 35.4 Å². The predicted molar refractivity (Wildman–Crippen MR) is 68.4 cm³/mol. The first-order valence-electron chi connectivity index (χ1n) is 6.09. The van der Waals surface area contributed by atoms with Gasteiger partial charge in [0.25, 0.3) is 0 Å². The summed E-state index contributed by atoms with van der Waals surface area (Å²) in [5.41, 5.74) is 1.42. The molecule has 0 unspecified atom stereocenters. The summed E-state index contributed by atoms with van der Waals surface area (Å²) in [5.74, 6) is -0.0650. The van der Waals surface area contributed by atoms with Crippen molar-refractivity contribution in [2.75, 3.05) is 13.2 Å². The molecule has 0 aromatic heterocycles. The number of carbonyl (C=O) groups excluding carboxylic acids is 1. The summed E-state index contributed by atoms with van der Waals surface area (Å²) < 4.78 is 5.02. The largest absolute Gasteiger partial charge is 0.454 e. The van der Waals surface area contributed by atoms with Gasteiger partial charge >= 0.3 is 5.97 Å². The molecule has 0 atom stereocenters. The number of aliphatic hydroxyl groups is 2. The fourth-order valence-electron chi connectivity index (χ4n) is 1.68. The van der Waals surface area contributed by atoms with Gasteiger partial charge in [-0.3, -0.25) is 0 Å². The summed E-state index contributed by atoms with van der Waals surface area (Å²) in [7, 11) is 0. The van der Waals surface area contributed by atoms with Gasteiger partial charge in [-0.25, -0.2) is 4.79 Å². The molecule has 100 valence electrons. The molecule has 1 rings (SSSR count). The molecule has 0 aliphatic heterocycles. The minimum Gasteiger partial charge on any atom is -0.454 e. The maximum atomic E-state index is 11.9. The van der Waals surface area contributed by atoms with E-state index >= 15 is 0 Å². The zero-order chi connectivity index (χ0) is 13.5. The molecule has 0 saturated carbocycles. The molecule has 0 spiro atoms. The van der Waals surface area contributed by atoms with Crippen LogP contribution in [0.15, 0.2) is 24.3 Å². The van der Waals surface area contributed by atoms with Crippen LogP contribution in [-0.4, -0.2) is 35.5 Å². The zero-order valence-corrected chi connectivity index (χ0v) is 10.8. The molecule has 0 radical (unpaired) electrons. The highest BCUT2D eigenvalue weighted by molar-refractivity contribution is 5.91. The second kappa shape index (κ2) is 7.13. The number of aliphatic hydroxyl groups excluding tert-OH is 2. The van der Waals surface area contributed by atoms with Crippen LogP contribution in [0.5, 0.6) is 0 Å². The fraction of sp³-hybridized carbons (Fsp3) is 0.500. The molecule has 0 amide bonds. The van der Waals surface area contributed by atoms with Crippen LogP contribution in [0.25, 0.3) is 0 Å². The van der Waals surface area contributed by atoms with Crippen LogP contribution in [0.1, 0.15) is 29.8 Å². The normalized spacial score (nSPS) is 11.0. The molecule has 18 heavy (non-hydrogen) atoms. The Balaban J connectivity index is 2.84. The van der Waals surface area contributed by atoms with E-state index in [-0.39, 0.29) is 13.2 Å². The SMILES string of the molecule is CC(C)Cc1ccccc1C(=O)OC(CO)CO. The van der Waals surface area contributed by atoms with Gasteiger partial charge in [0.1, 0.15) is 6.10 Å². The van der Waals surface area contributed by atoms with Crippen LogP contribution >= 0.6 is 0 Å². The van der Waals surface area contributed by atoms with Crippen LogP contribution in [-0.2, 0) is 11.2 Å². The van der Waals surface area contributed by atoms with Gasteiger partial charge in [0, 0.05) is 0 Å². The lowest BCUT2D eigenvalue weighted by Gasteiger charge is -2.15. The third-order valence-corrected chi connectivity index (χ3v) is 2.55. The highest BCUT2D eigenvalue weighted by atomic mass is 16.6. The quantitative estimate of drug-likeness (QED) is 0.751. The van der Waals surface area contributed by atoms with E-state index in [9.17, 15) is 4.79 Å². The van der Waals surface area contributed by atoms with Gasteiger partial charge < -0.3 is 14.9 Å². The summed E-state index contributed by atoms with van der Waals surface area (Å²) in [6.45, 7) is 3.39. The summed E-state index contributed by atoms with van der Waals surface area (Å²) >= 11 is 0. The molecule has 4 heteroatoms. The second-order valence-electron chi connectivity index (χ2n) is 4.65. The van der Waals surface area contributed by atoms with Gasteiger partial charge in [0.05, 0.1) is 18.8 Å². The van der Waals surface area contributed by atoms with E-state index in [2.05, 4.69) is 13.8 Å². The Labute approximate surface area is 107 Å². The van der Waals surface area contributed by atoms with Crippen molar-refractivity contribution in [2.24, 2.45) is 5.92 Å². The Morgan fingerprint density at radius 2 is 1.83 bits per heavy atom. The standard InChI is InChI=1S/C14H20O4/c1-10(2)7-11-5-3-4-6-13(11)14(17)18-12(8-15)9-16/h3-6,10,12,15-16H,7-9H2,1-2H3. The molecular weight excluding hydrogens is 232 g/mol. The third kappa shape index (κ3) is 4.13. The number of hydrogen-bond donors (Lipinski definition) is 2. The van der Waals surface area contributed by atoms with Crippen molar-refractivity contribution in [2.45, 2.75) is 26.4 Å². The Hall–Kier alpha value is -1.39. The summed E-state index contributed by atoms with van der Waals surface area (Å²) in [5, 5.41) is 17.8. The smallest absolute Gasteiger partial charge is 0.338 e. The van der Waals surface area contributed by atoms with Gasteiger partial charge in [0.15, 0.2) is 0 Å². The summed E-state index contributed by atoms with van der Waals surface area (Å²) in [6, 6.07) is 7.24. The highest BCUT2D eigenvalue weighted by Gasteiger charge is 2.17. The molecule has 0 aliphatic carbocycles. The number of benzene rings is 1. The van der Waals surface area contributed by atoms with Crippen molar-refractivity contribution in [1.82, 2.24) is 0 Å². The molecule has 0 aliphatic rings. The molecule has 0 bridgehead atoms. The predicted octanol–water partition coefficient (Wildman–Crippen LogP) is 1.40. The number of esters is 1. The van der Waals surface area contributed by atoms with Crippen molar-refractivity contribution >= 4 is 5.97 Å². The molecule has 0 fully saturated rings. The van der Waals surface area contributed by atoms with Crippen LogP contribution in [0.2, 0.25) is 0 Å². The minimum absolute atomic E-state index is 0.380. The Morgan fingerprint density at radius 1 is 1.22 bits per heavy atom. The number of hydrogen-bond acceptors (Lipinski definition) is 4. The van der Waals surface area contributed by atoms with Gasteiger partial charge in [0.2, 0.25) is 0 Å². The lowest BCUT2D eigenvalue weighted by molar-refractivity contribution is -0.00555. The van der Waals surface area contributed by atoms with E-state index in [1.165, 1.54) is 0 Å². The van der Waals surface area contributed by atoms with Crippen LogP contribution < -0.4 is 0 Å². The molecule has 4 nitrogen and oxygen atoms in total. The van der Waals surface area contributed by atoms with E-state index in [1.54, 1.807) is 12.1 Å². The zero-order valence-electron chi connectivity index (χ0n) is 10.8. The third-order valence-electron chi connectivity index (χ3n) is 2.55. The minimum atomic E-state index is -0.857. The van der Waals surface area contributed by atoms with E-state index in [0.29, 0.717) is 11.5 Å². The van der Waals surface area contributed by atoms with Gasteiger partial charge in [-0.2, -0.15) is 0 Å². The highest BCUT2D eigenvalue weighted by Crippen LogP contribution is 2.15. The Bertz CT molecular complexity index is 383. The summed E-state index contributed by atoms with van der Waals surface area (Å²) in [6.07, 6.45) is -0.0709. The van der Waals surface area contributed by atoms with Crippen molar-refractivity contribution in [3.63, 3.8) is 0 Å². The van der Waals surface area contributed by atoms with E-state index in [1.807, 2.05) is 12.1 Å². The Morgan fingerprint density at radius 3 is 2.39 bits per heavy atom. The first-order chi connectivity index (χ1) is 8.58. The molecule has 2 N–H and O–H groups in total. The van der Waals surface area contributed by atoms with Gasteiger partial charge in [-0.15, -0.1) is 0 Å². The van der Waals surface area contributed by atoms with Crippen molar-refractivity contribution in [3.8, 4) is 0 Å². The van der Waals surface area contributed by atoms with Crippen LogP contribution in [0.4, 0.5) is 0 Å². The molecule has 1 aromatic rings. The fourth-order valence-corrected chi connectivity index (χ4v) is 1.68. The van der Waals surface area contributed by atoms with E-state index in [0.717, 1.165) is 12.0 Å². The Kier molecular flexibility index (Phi) is 5.82. The van der Waals surface area contributed by atoms with E-state index in [4.69, 9.17) is 14.9 Å². The number of rotatable bonds is 6. The topological polar surface area (TPSA) is 66.8 Å². The number of carbonyl (C=O) groups is 1. The van der Waals surface area contributed by atoms with E-state index < -0.39 is 12.1 Å². The van der Waals surface area contributed by atoms with Crippen LogP contribution in [0.3, 0.4) is 0 Å². The van der Waals surface area contributed by atoms with Crippen LogP contribution in [0, 0.1) is 5.92 Å². The maximum Gasteiger partial charge on any atom is 0.338 e. The molecular formula is C14H20O4. The van der Waals surface area contributed by atoms with Crippen molar-refractivity contribution < 1.29 is 19.7 Å². The summed E-state index contributed by atoms with van der Waals surface area (Å²) in [4.78, 5) is 11.9. The first kappa shape index (κ1) is 14.7. The lowest BCUT2D eigenvalue weighted by atomic mass is 9.98. The first-order valence-corrected chi connectivity index (χ1v) is 6.09. The average Bonchev–Trinajstić information content (AvgIpc) is 2.35. The number of ether oxygens (including phenoxy) is 1. The molecule has 0 saturated heterocycles. The average molecular weight is 252 g/mol. The molecule has 1 aromatic carbocycles. The lowest BCUT2D eigenvalue weighted by Crippen LogP contribution is -2.26. The van der Waals surface area contributed by atoms with Gasteiger partial charge in [-0.05, 0) is 24.0 Å². The van der Waals surface area contributed by atoms with Crippen molar-refractivity contribution in [1.29, 1.82) is 0 Å².